The second-order valence-electron chi connectivity index (χ2n) is 3.80. The van der Waals surface area contributed by atoms with Crippen LogP contribution in [0, 0.1) is 12.7 Å². The van der Waals surface area contributed by atoms with Crippen molar-refractivity contribution in [3.63, 3.8) is 0 Å². The summed E-state index contributed by atoms with van der Waals surface area (Å²) in [4.78, 5) is 4.04. The lowest BCUT2D eigenvalue weighted by Crippen LogP contribution is -2.03. The number of hydrogen-bond donors (Lipinski definition) is 1. The fourth-order valence-electron chi connectivity index (χ4n) is 1.64. The van der Waals surface area contributed by atoms with Crippen molar-refractivity contribution in [2.75, 3.05) is 0 Å². The van der Waals surface area contributed by atoms with Gasteiger partial charge >= 0.3 is 0 Å². The number of rotatable bonds is 2. The second kappa shape index (κ2) is 4.94. The predicted octanol–water partition coefficient (Wildman–Crippen LogP) is 3.37. The summed E-state index contributed by atoms with van der Waals surface area (Å²) in [5.41, 5.74) is 1.68. The Morgan fingerprint density at radius 1 is 1.29 bits per heavy atom. The molecule has 0 aliphatic carbocycles. The van der Waals surface area contributed by atoms with Gasteiger partial charge in [-0.15, -0.1) is 0 Å². The molecule has 2 nitrogen and oxygen atoms in total. The van der Waals surface area contributed by atoms with Crippen LogP contribution in [0.1, 0.15) is 22.9 Å². The Bertz CT molecular complexity index is 545. The van der Waals surface area contributed by atoms with Crippen LogP contribution in [-0.2, 0) is 0 Å². The summed E-state index contributed by atoms with van der Waals surface area (Å²) >= 11 is 3.26. The standard InChI is InChI=1S/C13H11BrFNO/c1-8-6-9(4-5-16-8)13(17)11-7-10(14)2-3-12(11)15/h2-7,13,17H,1H3. The number of halogens is 2. The highest BCUT2D eigenvalue weighted by atomic mass is 79.9. The number of aromatic nitrogens is 1. The highest BCUT2D eigenvalue weighted by molar-refractivity contribution is 9.10. The molecule has 88 valence electrons. The second-order valence-corrected chi connectivity index (χ2v) is 4.71. The third-order valence-electron chi connectivity index (χ3n) is 2.49. The molecule has 0 fully saturated rings. The van der Waals surface area contributed by atoms with Crippen LogP contribution in [0.3, 0.4) is 0 Å². The van der Waals surface area contributed by atoms with Gasteiger partial charge in [0, 0.05) is 21.9 Å². The molecule has 1 aromatic heterocycles. The predicted molar refractivity (Wildman–Crippen MR) is 67.1 cm³/mol. The van der Waals surface area contributed by atoms with Gasteiger partial charge in [0.25, 0.3) is 0 Å². The van der Waals surface area contributed by atoms with E-state index >= 15 is 0 Å². The number of aryl methyl sites for hydroxylation is 1. The van der Waals surface area contributed by atoms with Gasteiger partial charge in [0.05, 0.1) is 0 Å². The van der Waals surface area contributed by atoms with Gasteiger partial charge in [0.2, 0.25) is 0 Å². The van der Waals surface area contributed by atoms with Crippen LogP contribution in [0.25, 0.3) is 0 Å². The smallest absolute Gasteiger partial charge is 0.129 e. The van der Waals surface area contributed by atoms with E-state index in [9.17, 15) is 9.50 Å². The lowest BCUT2D eigenvalue weighted by atomic mass is 10.0. The Morgan fingerprint density at radius 3 is 2.76 bits per heavy atom. The van der Waals surface area contributed by atoms with Gasteiger partial charge in [-0.25, -0.2) is 4.39 Å². The van der Waals surface area contributed by atoms with E-state index in [0.29, 0.717) is 5.56 Å². The summed E-state index contributed by atoms with van der Waals surface area (Å²) in [6.07, 6.45) is 0.623. The van der Waals surface area contributed by atoms with Crippen molar-refractivity contribution < 1.29 is 9.50 Å². The molecule has 0 bridgehead atoms. The molecule has 1 aromatic carbocycles. The first-order chi connectivity index (χ1) is 8.08. The fraction of sp³-hybridized carbons (Fsp3) is 0.154. The van der Waals surface area contributed by atoms with Crippen molar-refractivity contribution in [3.8, 4) is 0 Å². The minimum Gasteiger partial charge on any atom is -0.384 e. The average Bonchev–Trinajstić information content (AvgIpc) is 2.31. The Kier molecular flexibility index (Phi) is 3.54. The van der Waals surface area contributed by atoms with E-state index in [0.717, 1.165) is 10.2 Å². The number of aliphatic hydroxyl groups excluding tert-OH is 1. The van der Waals surface area contributed by atoms with Crippen molar-refractivity contribution in [1.29, 1.82) is 0 Å². The maximum Gasteiger partial charge on any atom is 0.129 e. The molecular formula is C13H11BrFNO. The van der Waals surface area contributed by atoms with Crippen molar-refractivity contribution in [1.82, 2.24) is 4.98 Å². The highest BCUT2D eigenvalue weighted by Crippen LogP contribution is 2.26. The van der Waals surface area contributed by atoms with Gasteiger partial charge in [-0.2, -0.15) is 0 Å². The first kappa shape index (κ1) is 12.2. The quantitative estimate of drug-likeness (QED) is 0.921. The van der Waals surface area contributed by atoms with Gasteiger partial charge < -0.3 is 5.11 Å². The molecule has 0 radical (unpaired) electrons. The van der Waals surface area contributed by atoms with E-state index in [2.05, 4.69) is 20.9 Å². The molecule has 1 atom stereocenters. The van der Waals surface area contributed by atoms with E-state index in [4.69, 9.17) is 0 Å². The summed E-state index contributed by atoms with van der Waals surface area (Å²) in [5, 5.41) is 10.1. The molecule has 0 amide bonds. The van der Waals surface area contributed by atoms with Gasteiger partial charge in [-0.3, -0.25) is 4.98 Å². The van der Waals surface area contributed by atoms with E-state index in [1.54, 1.807) is 30.5 Å². The molecule has 1 unspecified atom stereocenters. The van der Waals surface area contributed by atoms with Crippen LogP contribution in [0.4, 0.5) is 4.39 Å². The normalized spacial score (nSPS) is 12.5. The van der Waals surface area contributed by atoms with Crippen molar-refractivity contribution in [3.05, 3.63) is 63.6 Å². The molecule has 0 aliphatic heterocycles. The van der Waals surface area contributed by atoms with Crippen molar-refractivity contribution in [2.45, 2.75) is 13.0 Å². The van der Waals surface area contributed by atoms with Crippen LogP contribution in [0.2, 0.25) is 0 Å². The molecule has 4 heteroatoms. The van der Waals surface area contributed by atoms with E-state index in [1.165, 1.54) is 6.07 Å². The minimum absolute atomic E-state index is 0.255. The third-order valence-corrected chi connectivity index (χ3v) is 2.98. The van der Waals surface area contributed by atoms with Crippen LogP contribution in [0.5, 0.6) is 0 Å². The molecule has 1 N–H and O–H groups in total. The molecule has 2 rings (SSSR count). The van der Waals surface area contributed by atoms with Gasteiger partial charge in [-0.05, 0) is 42.8 Å². The molecule has 0 aliphatic rings. The molecule has 0 saturated carbocycles. The highest BCUT2D eigenvalue weighted by Gasteiger charge is 2.15. The number of nitrogens with zero attached hydrogens (tertiary/aromatic N) is 1. The Balaban J connectivity index is 2.43. The summed E-state index contributed by atoms with van der Waals surface area (Å²) in [5.74, 6) is -0.421. The number of pyridine rings is 1. The summed E-state index contributed by atoms with van der Waals surface area (Å²) in [7, 11) is 0. The molecule has 17 heavy (non-hydrogen) atoms. The third kappa shape index (κ3) is 2.70. The molecule has 1 heterocycles. The Morgan fingerprint density at radius 2 is 2.06 bits per heavy atom. The van der Waals surface area contributed by atoms with Crippen molar-refractivity contribution in [2.24, 2.45) is 0 Å². The number of benzene rings is 1. The fourth-order valence-corrected chi connectivity index (χ4v) is 2.02. The zero-order valence-corrected chi connectivity index (χ0v) is 10.8. The van der Waals surface area contributed by atoms with Gasteiger partial charge in [0.15, 0.2) is 0 Å². The first-order valence-corrected chi connectivity index (χ1v) is 5.93. The lowest BCUT2D eigenvalue weighted by molar-refractivity contribution is 0.214. The van der Waals surface area contributed by atoms with Gasteiger partial charge in [-0.1, -0.05) is 15.9 Å². The SMILES string of the molecule is Cc1cc(C(O)c2cc(Br)ccc2F)ccn1. The van der Waals surface area contributed by atoms with E-state index < -0.39 is 11.9 Å². The number of aliphatic hydroxyl groups is 1. The Hall–Kier alpha value is -1.26. The lowest BCUT2D eigenvalue weighted by Gasteiger charge is -2.13. The summed E-state index contributed by atoms with van der Waals surface area (Å²) < 4.78 is 14.3. The van der Waals surface area contributed by atoms with Crippen molar-refractivity contribution >= 4 is 15.9 Å². The van der Waals surface area contributed by atoms with Crippen LogP contribution < -0.4 is 0 Å². The topological polar surface area (TPSA) is 33.1 Å². The van der Waals surface area contributed by atoms with E-state index in [1.807, 2.05) is 6.92 Å². The monoisotopic (exact) mass is 295 g/mol. The van der Waals surface area contributed by atoms with Crippen LogP contribution >= 0.6 is 15.9 Å². The largest absolute Gasteiger partial charge is 0.384 e. The average molecular weight is 296 g/mol. The molecule has 0 spiro atoms. The molecular weight excluding hydrogens is 285 g/mol. The summed E-state index contributed by atoms with van der Waals surface area (Å²) in [6.45, 7) is 1.83. The number of hydrogen-bond acceptors (Lipinski definition) is 2. The minimum atomic E-state index is -0.978. The maximum absolute atomic E-state index is 13.6. The van der Waals surface area contributed by atoms with Crippen LogP contribution in [0.15, 0.2) is 41.0 Å². The zero-order chi connectivity index (χ0) is 12.4. The Labute approximate surface area is 107 Å². The first-order valence-electron chi connectivity index (χ1n) is 5.13. The van der Waals surface area contributed by atoms with Gasteiger partial charge in [0.1, 0.15) is 11.9 Å². The molecule has 2 aromatic rings. The maximum atomic E-state index is 13.6. The summed E-state index contributed by atoms with van der Waals surface area (Å²) in [6, 6.07) is 7.93. The van der Waals surface area contributed by atoms with E-state index in [-0.39, 0.29) is 5.56 Å². The van der Waals surface area contributed by atoms with Crippen LogP contribution in [-0.4, -0.2) is 10.1 Å². The zero-order valence-electron chi connectivity index (χ0n) is 9.19. The molecule has 0 saturated heterocycles.